The van der Waals surface area contributed by atoms with Crippen molar-refractivity contribution in [1.29, 1.82) is 0 Å². The van der Waals surface area contributed by atoms with Gasteiger partial charge in [-0.3, -0.25) is 19.5 Å². The smallest absolute Gasteiger partial charge is 0.477 e. The van der Waals surface area contributed by atoms with E-state index in [1.165, 1.54) is 28.4 Å². The van der Waals surface area contributed by atoms with Crippen molar-refractivity contribution >= 4 is 59.0 Å². The molecule has 0 bridgehead atoms. The van der Waals surface area contributed by atoms with E-state index < -0.39 is 35.4 Å². The highest BCUT2D eigenvalue weighted by Gasteiger charge is 2.54. The maximum Gasteiger partial charge on any atom is 0.490 e. The van der Waals surface area contributed by atoms with E-state index >= 15 is 0 Å². The van der Waals surface area contributed by atoms with Crippen molar-refractivity contribution in [3.8, 4) is 0 Å². The number of carboxylic acid groups (broad SMARTS) is 2. The monoisotopic (exact) mass is 630 g/mol. The minimum Gasteiger partial charge on any atom is -0.477 e. The fourth-order valence-corrected chi connectivity index (χ4v) is 7.11. The summed E-state index contributed by atoms with van der Waals surface area (Å²) in [4.78, 5) is 53.4. The van der Waals surface area contributed by atoms with Crippen molar-refractivity contribution in [2.75, 3.05) is 18.1 Å². The molecule has 1 aromatic carbocycles. The summed E-state index contributed by atoms with van der Waals surface area (Å²) in [5, 5.41) is 19.4. The zero-order valence-electron chi connectivity index (χ0n) is 21.2. The number of hydrogen-bond acceptors (Lipinski definition) is 9. The molecule has 1 aromatic heterocycles. The van der Waals surface area contributed by atoms with Gasteiger partial charge in [0.15, 0.2) is 0 Å². The van der Waals surface area contributed by atoms with Gasteiger partial charge in [0, 0.05) is 46.0 Å². The first-order chi connectivity index (χ1) is 19.4. The normalized spacial score (nSPS) is 18.0. The van der Waals surface area contributed by atoms with Crippen LogP contribution in [0.3, 0.4) is 0 Å². The summed E-state index contributed by atoms with van der Waals surface area (Å²) in [6.45, 7) is 0.583. The molecule has 1 saturated heterocycles. The number of amides is 2. The molecule has 2 aromatic rings. The number of fused-ring (bicyclic) bond motifs is 1. The molecule has 2 amide bonds. The van der Waals surface area contributed by atoms with Gasteiger partial charge in [-0.15, -0.1) is 11.8 Å². The first kappa shape index (κ1) is 32.3. The lowest BCUT2D eigenvalue weighted by molar-refractivity contribution is -0.192. The van der Waals surface area contributed by atoms with Crippen LogP contribution in [0.1, 0.15) is 11.1 Å². The average Bonchev–Trinajstić information content (AvgIpc) is 2.92. The molecule has 2 atom stereocenters. The summed E-state index contributed by atoms with van der Waals surface area (Å²) in [7, 11) is 0. The van der Waals surface area contributed by atoms with Crippen LogP contribution in [0.4, 0.5) is 13.2 Å². The Morgan fingerprint density at radius 2 is 1.85 bits per heavy atom. The summed E-state index contributed by atoms with van der Waals surface area (Å²) < 4.78 is 31.7. The van der Waals surface area contributed by atoms with E-state index in [4.69, 9.17) is 15.6 Å². The summed E-state index contributed by atoms with van der Waals surface area (Å²) in [5.74, 6) is -2.60. The number of halogens is 3. The molecule has 0 unspecified atom stereocenters. The van der Waals surface area contributed by atoms with Crippen LogP contribution in [-0.2, 0) is 31.4 Å². The molecule has 16 heteroatoms. The molecule has 0 aliphatic carbocycles. The van der Waals surface area contributed by atoms with Gasteiger partial charge in [-0.2, -0.15) is 24.9 Å². The fraction of sp³-hybridized carbons (Fsp3) is 0.320. The molecule has 0 spiro atoms. The summed E-state index contributed by atoms with van der Waals surface area (Å²) >= 11 is 4.50. The van der Waals surface area contributed by atoms with Crippen molar-refractivity contribution in [2.45, 2.75) is 34.7 Å². The second kappa shape index (κ2) is 14.6. The number of nitrogens with two attached hydrogens (primary N) is 1. The lowest BCUT2D eigenvalue weighted by Crippen LogP contribution is -2.70. The Morgan fingerprint density at radius 3 is 2.46 bits per heavy atom. The second-order valence-electron chi connectivity index (χ2n) is 8.42. The van der Waals surface area contributed by atoms with Gasteiger partial charge in [0.2, 0.25) is 5.91 Å². The number of nitrogens with one attached hydrogen (secondary N) is 1. The number of nitrogens with zero attached hydrogens (tertiary/aromatic N) is 2. The Bertz CT molecular complexity index is 1310. The molecule has 3 heterocycles. The van der Waals surface area contributed by atoms with E-state index in [1.807, 2.05) is 36.4 Å². The Kier molecular flexibility index (Phi) is 11.5. The minimum atomic E-state index is -5.08. The predicted molar refractivity (Wildman–Crippen MR) is 149 cm³/mol. The van der Waals surface area contributed by atoms with Crippen LogP contribution in [0, 0.1) is 0 Å². The number of rotatable bonds is 10. The van der Waals surface area contributed by atoms with Crippen LogP contribution >= 0.6 is 35.3 Å². The number of hydrogen-bond donors (Lipinski definition) is 4. The second-order valence-corrected chi connectivity index (χ2v) is 11.8. The number of carbonyl (C=O) groups excluding carboxylic acids is 2. The van der Waals surface area contributed by atoms with Gasteiger partial charge in [0.05, 0.1) is 6.42 Å². The Labute approximate surface area is 245 Å². The maximum atomic E-state index is 12.9. The van der Waals surface area contributed by atoms with Gasteiger partial charge in [0.1, 0.15) is 17.1 Å². The van der Waals surface area contributed by atoms with Crippen LogP contribution in [-0.4, -0.2) is 79.5 Å². The topological polar surface area (TPSA) is 163 Å². The first-order valence-electron chi connectivity index (χ1n) is 11.9. The molecular formula is C25H25F3N4O6S3. The number of β-lactam (4-membered cyclic amide) rings is 1. The molecule has 2 aliphatic heterocycles. The SMILES string of the molecule is NCCSCc1cnccc1SC1=C(C(=O)O)N2C(=O)[C@@H](NC(=O)Cc3ccccc3)[C@H]2SC1.O=C(O)C(F)(F)F. The molecule has 220 valence electrons. The van der Waals surface area contributed by atoms with Crippen molar-refractivity contribution in [1.82, 2.24) is 15.2 Å². The molecule has 10 nitrogen and oxygen atoms in total. The van der Waals surface area contributed by atoms with Gasteiger partial charge in [-0.1, -0.05) is 42.1 Å². The molecule has 0 saturated carbocycles. The third kappa shape index (κ3) is 8.64. The number of carboxylic acids is 2. The molecule has 5 N–H and O–H groups in total. The number of carbonyl (C=O) groups is 4. The fourth-order valence-electron chi connectivity index (χ4n) is 3.70. The maximum absolute atomic E-state index is 12.9. The van der Waals surface area contributed by atoms with Crippen LogP contribution < -0.4 is 11.1 Å². The van der Waals surface area contributed by atoms with Crippen LogP contribution in [0.25, 0.3) is 0 Å². The number of alkyl halides is 3. The number of benzene rings is 1. The van der Waals surface area contributed by atoms with Crippen LogP contribution in [0.2, 0.25) is 0 Å². The lowest BCUT2D eigenvalue weighted by Gasteiger charge is -2.49. The van der Waals surface area contributed by atoms with Crippen molar-refractivity contribution in [2.24, 2.45) is 5.73 Å². The van der Waals surface area contributed by atoms with Gasteiger partial charge >= 0.3 is 18.1 Å². The summed E-state index contributed by atoms with van der Waals surface area (Å²) in [5.41, 5.74) is 7.41. The minimum absolute atomic E-state index is 0.00955. The summed E-state index contributed by atoms with van der Waals surface area (Å²) in [6.07, 6.45) is -1.47. The van der Waals surface area contributed by atoms with E-state index in [2.05, 4.69) is 10.3 Å². The standard InChI is InChI=1S/C23H24N4O4S3.C2HF3O2/c24-7-9-32-12-15-11-25-8-6-16(15)34-17-13-33-22-19(21(29)27(22)20(17)23(30)31)26-18(28)10-14-4-2-1-3-5-14;3-2(4,5)1(6)7/h1-6,8,11,19,22H,7,9-10,12-13,24H2,(H,26,28)(H,30,31);(H,6,7)/t19-,22-;/m1./s1. The van der Waals surface area contributed by atoms with E-state index in [-0.39, 0.29) is 18.0 Å². The highest BCUT2D eigenvalue weighted by atomic mass is 32.2. The lowest BCUT2D eigenvalue weighted by atomic mass is 10.0. The number of aromatic nitrogens is 1. The molecule has 0 radical (unpaired) electrons. The zero-order valence-corrected chi connectivity index (χ0v) is 23.6. The van der Waals surface area contributed by atoms with E-state index in [0.29, 0.717) is 17.2 Å². The molecule has 4 rings (SSSR count). The predicted octanol–water partition coefficient (Wildman–Crippen LogP) is 2.94. The van der Waals surface area contributed by atoms with Crippen LogP contribution in [0.5, 0.6) is 0 Å². The highest BCUT2D eigenvalue weighted by Crippen LogP contribution is 2.45. The van der Waals surface area contributed by atoms with Crippen LogP contribution in [0.15, 0.2) is 64.3 Å². The number of aliphatic carboxylic acids is 2. The Balaban J connectivity index is 0.000000587. The molecular weight excluding hydrogens is 605 g/mol. The molecule has 41 heavy (non-hydrogen) atoms. The first-order valence-corrected chi connectivity index (χ1v) is 14.9. The van der Waals surface area contributed by atoms with Crippen molar-refractivity contribution in [3.63, 3.8) is 0 Å². The Hall–Kier alpha value is -3.21. The van der Waals surface area contributed by atoms with Gasteiger partial charge in [-0.25, -0.2) is 9.59 Å². The van der Waals surface area contributed by atoms with Gasteiger partial charge in [0.25, 0.3) is 5.91 Å². The molecule has 2 aliphatic rings. The average molecular weight is 631 g/mol. The third-order valence-corrected chi connectivity index (χ3v) is 9.22. The summed E-state index contributed by atoms with van der Waals surface area (Å²) in [6, 6.07) is 10.4. The molecule has 1 fully saturated rings. The van der Waals surface area contributed by atoms with E-state index in [1.54, 1.807) is 24.2 Å². The number of pyridine rings is 1. The van der Waals surface area contributed by atoms with Gasteiger partial charge in [-0.05, 0) is 17.2 Å². The van der Waals surface area contributed by atoms with Crippen molar-refractivity contribution in [3.05, 3.63) is 70.5 Å². The van der Waals surface area contributed by atoms with E-state index in [9.17, 15) is 32.7 Å². The zero-order chi connectivity index (χ0) is 30.2. The third-order valence-electron chi connectivity index (χ3n) is 5.51. The quantitative estimate of drug-likeness (QED) is 0.226. The largest absolute Gasteiger partial charge is 0.490 e. The Morgan fingerprint density at radius 1 is 1.17 bits per heavy atom. The highest BCUT2D eigenvalue weighted by molar-refractivity contribution is 8.06. The van der Waals surface area contributed by atoms with Crippen molar-refractivity contribution < 1.29 is 42.6 Å². The van der Waals surface area contributed by atoms with Gasteiger partial charge < -0.3 is 21.3 Å². The number of thioether (sulfide) groups is 3. The van der Waals surface area contributed by atoms with E-state index in [0.717, 1.165) is 27.5 Å².